The maximum absolute atomic E-state index is 12.4. The van der Waals surface area contributed by atoms with Gasteiger partial charge in [-0.15, -0.1) is 0 Å². The summed E-state index contributed by atoms with van der Waals surface area (Å²) in [5.41, 5.74) is 3.70. The second-order valence-electron chi connectivity index (χ2n) is 8.40. The summed E-state index contributed by atoms with van der Waals surface area (Å²) >= 11 is 0. The Bertz CT molecular complexity index is 762. The van der Waals surface area contributed by atoms with Crippen molar-refractivity contribution in [1.82, 2.24) is 0 Å². The zero-order valence-corrected chi connectivity index (χ0v) is 16.3. The summed E-state index contributed by atoms with van der Waals surface area (Å²) in [6.45, 7) is 6.22. The monoisotopic (exact) mass is 359 g/mol. The second kappa shape index (κ2) is 7.06. The molecule has 3 rings (SSSR count). The van der Waals surface area contributed by atoms with Gasteiger partial charge in [0.25, 0.3) is 0 Å². The van der Waals surface area contributed by atoms with Crippen molar-refractivity contribution in [3.05, 3.63) is 47.5 Å². The zero-order chi connectivity index (χ0) is 18.1. The SMILES string of the molecule is CC(C)(C)S(=O)(=O)CC1CCC(C2=CC(c3ccccc3)=NC2)CC1. The average Bonchev–Trinajstić information content (AvgIpc) is 3.05. The lowest BCUT2D eigenvalue weighted by molar-refractivity contribution is 0.319. The molecule has 0 bridgehead atoms. The first-order chi connectivity index (χ1) is 11.8. The van der Waals surface area contributed by atoms with Crippen LogP contribution in [0.3, 0.4) is 0 Å². The molecule has 0 aromatic heterocycles. The minimum Gasteiger partial charge on any atom is -0.280 e. The van der Waals surface area contributed by atoms with Crippen LogP contribution in [0.5, 0.6) is 0 Å². The molecule has 1 aliphatic heterocycles. The van der Waals surface area contributed by atoms with Crippen LogP contribution in [0.1, 0.15) is 52.0 Å². The summed E-state index contributed by atoms with van der Waals surface area (Å²) in [5, 5.41) is 0. The molecule has 0 N–H and O–H groups in total. The molecule has 0 amide bonds. The molecule has 1 saturated carbocycles. The molecule has 0 atom stereocenters. The highest BCUT2D eigenvalue weighted by atomic mass is 32.2. The number of hydrogen-bond donors (Lipinski definition) is 0. The molecule has 0 spiro atoms. The summed E-state index contributed by atoms with van der Waals surface area (Å²) in [6.07, 6.45) is 6.46. The molecule has 0 saturated heterocycles. The van der Waals surface area contributed by atoms with Crippen LogP contribution in [0.2, 0.25) is 0 Å². The Labute approximate surface area is 152 Å². The van der Waals surface area contributed by atoms with Crippen LogP contribution in [-0.2, 0) is 9.84 Å². The third kappa shape index (κ3) is 4.22. The number of rotatable bonds is 4. The molecule has 2 aliphatic rings. The molecular weight excluding hydrogens is 330 g/mol. The maximum Gasteiger partial charge on any atom is 0.155 e. The number of aliphatic imine (C=N–C) groups is 1. The number of allylic oxidation sites excluding steroid dienone is 1. The number of sulfone groups is 1. The van der Waals surface area contributed by atoms with Crippen molar-refractivity contribution < 1.29 is 8.42 Å². The summed E-state index contributed by atoms with van der Waals surface area (Å²) in [6, 6.07) is 10.3. The lowest BCUT2D eigenvalue weighted by Gasteiger charge is -2.31. The van der Waals surface area contributed by atoms with Gasteiger partial charge in [-0.3, -0.25) is 4.99 Å². The molecule has 136 valence electrons. The number of nitrogens with zero attached hydrogens (tertiary/aromatic N) is 1. The Morgan fingerprint density at radius 2 is 1.68 bits per heavy atom. The van der Waals surface area contributed by atoms with Gasteiger partial charge in [0.05, 0.1) is 22.8 Å². The minimum atomic E-state index is -3.02. The van der Waals surface area contributed by atoms with E-state index < -0.39 is 14.6 Å². The third-order valence-electron chi connectivity index (χ3n) is 5.58. The fourth-order valence-electron chi connectivity index (χ4n) is 3.73. The van der Waals surface area contributed by atoms with E-state index in [1.54, 1.807) is 20.8 Å². The van der Waals surface area contributed by atoms with E-state index in [9.17, 15) is 8.42 Å². The Hall–Kier alpha value is -1.42. The Balaban J connectivity index is 1.57. The van der Waals surface area contributed by atoms with Crippen LogP contribution in [0.15, 0.2) is 47.0 Å². The van der Waals surface area contributed by atoms with Gasteiger partial charge in [0.2, 0.25) is 0 Å². The van der Waals surface area contributed by atoms with Crippen LogP contribution >= 0.6 is 0 Å². The summed E-state index contributed by atoms with van der Waals surface area (Å²) in [5.74, 6) is 1.23. The second-order valence-corrected chi connectivity index (χ2v) is 11.2. The lowest BCUT2D eigenvalue weighted by atomic mass is 9.79. The molecule has 0 unspecified atom stereocenters. The van der Waals surface area contributed by atoms with Gasteiger partial charge in [0.15, 0.2) is 9.84 Å². The molecule has 25 heavy (non-hydrogen) atoms. The van der Waals surface area contributed by atoms with E-state index in [1.807, 2.05) is 18.2 Å². The van der Waals surface area contributed by atoms with E-state index >= 15 is 0 Å². The van der Waals surface area contributed by atoms with Crippen LogP contribution in [0.4, 0.5) is 0 Å². The van der Waals surface area contributed by atoms with Gasteiger partial charge < -0.3 is 0 Å². The van der Waals surface area contributed by atoms with Crippen molar-refractivity contribution in [3.63, 3.8) is 0 Å². The highest BCUT2D eigenvalue weighted by Crippen LogP contribution is 2.36. The van der Waals surface area contributed by atoms with Gasteiger partial charge in [-0.25, -0.2) is 8.42 Å². The van der Waals surface area contributed by atoms with Crippen molar-refractivity contribution in [2.75, 3.05) is 12.3 Å². The lowest BCUT2D eigenvalue weighted by Crippen LogP contribution is -2.34. The van der Waals surface area contributed by atoms with Gasteiger partial charge in [0, 0.05) is 0 Å². The average molecular weight is 360 g/mol. The van der Waals surface area contributed by atoms with E-state index in [2.05, 4.69) is 18.2 Å². The van der Waals surface area contributed by atoms with E-state index in [4.69, 9.17) is 4.99 Å². The van der Waals surface area contributed by atoms with Crippen molar-refractivity contribution in [3.8, 4) is 0 Å². The molecule has 1 fully saturated rings. The van der Waals surface area contributed by atoms with Crippen LogP contribution in [0, 0.1) is 11.8 Å². The molecular formula is C21H29NO2S. The third-order valence-corrected chi connectivity index (χ3v) is 8.36. The fraction of sp³-hybridized carbons (Fsp3) is 0.571. The molecule has 3 nitrogen and oxygen atoms in total. The Morgan fingerprint density at radius 1 is 1.04 bits per heavy atom. The van der Waals surface area contributed by atoms with Crippen LogP contribution in [-0.4, -0.2) is 31.2 Å². The Kier molecular flexibility index (Phi) is 5.19. The van der Waals surface area contributed by atoms with Crippen molar-refractivity contribution in [1.29, 1.82) is 0 Å². The van der Waals surface area contributed by atoms with E-state index in [-0.39, 0.29) is 0 Å². The van der Waals surface area contributed by atoms with Crippen LogP contribution in [0.25, 0.3) is 0 Å². The predicted molar refractivity (Wildman–Crippen MR) is 105 cm³/mol. The smallest absolute Gasteiger partial charge is 0.155 e. The summed E-state index contributed by atoms with van der Waals surface area (Å²) in [4.78, 5) is 4.70. The quantitative estimate of drug-likeness (QED) is 0.798. The molecule has 1 aromatic carbocycles. The van der Waals surface area contributed by atoms with Crippen LogP contribution < -0.4 is 0 Å². The molecule has 1 aromatic rings. The normalized spacial score (nSPS) is 24.8. The van der Waals surface area contributed by atoms with Crippen molar-refractivity contribution >= 4 is 15.5 Å². The predicted octanol–water partition coefficient (Wildman–Crippen LogP) is 4.44. The molecule has 1 aliphatic carbocycles. The van der Waals surface area contributed by atoms with Gasteiger partial charge in [-0.05, 0) is 75.5 Å². The van der Waals surface area contributed by atoms with Gasteiger partial charge in [0.1, 0.15) is 0 Å². The molecule has 0 radical (unpaired) electrons. The van der Waals surface area contributed by atoms with Crippen molar-refractivity contribution in [2.45, 2.75) is 51.2 Å². The largest absolute Gasteiger partial charge is 0.280 e. The first-order valence-corrected chi connectivity index (χ1v) is 10.9. The first-order valence-electron chi connectivity index (χ1n) is 9.29. The van der Waals surface area contributed by atoms with Gasteiger partial charge in [-0.1, -0.05) is 30.3 Å². The highest BCUT2D eigenvalue weighted by molar-refractivity contribution is 7.92. The molecule has 4 heteroatoms. The zero-order valence-electron chi connectivity index (χ0n) is 15.5. The summed E-state index contributed by atoms with van der Waals surface area (Å²) in [7, 11) is -3.02. The van der Waals surface area contributed by atoms with E-state index in [0.29, 0.717) is 17.6 Å². The first kappa shape index (κ1) is 18.4. The van der Waals surface area contributed by atoms with Gasteiger partial charge >= 0.3 is 0 Å². The van der Waals surface area contributed by atoms with Gasteiger partial charge in [-0.2, -0.15) is 0 Å². The standard InChI is InChI=1S/C21H29NO2S/c1-21(2,3)25(23,24)15-16-9-11-17(12-10-16)19-13-20(22-14-19)18-7-5-4-6-8-18/h4-8,13,16-17H,9-12,14-15H2,1-3H3. The number of hydrogen-bond acceptors (Lipinski definition) is 3. The highest BCUT2D eigenvalue weighted by Gasteiger charge is 2.34. The van der Waals surface area contributed by atoms with E-state index in [1.165, 1.54) is 11.1 Å². The van der Waals surface area contributed by atoms with Crippen molar-refractivity contribution in [2.24, 2.45) is 16.8 Å². The molecule has 1 heterocycles. The Morgan fingerprint density at radius 3 is 2.28 bits per heavy atom. The minimum absolute atomic E-state index is 0.317. The fourth-order valence-corrected chi connectivity index (χ4v) is 5.19. The number of benzene rings is 1. The summed E-state index contributed by atoms with van der Waals surface area (Å²) < 4.78 is 24.2. The maximum atomic E-state index is 12.4. The topological polar surface area (TPSA) is 46.5 Å². The van der Waals surface area contributed by atoms with E-state index in [0.717, 1.165) is 37.9 Å².